The van der Waals surface area contributed by atoms with Gasteiger partial charge in [0.15, 0.2) is 0 Å². The van der Waals surface area contributed by atoms with Crippen LogP contribution in [0.3, 0.4) is 0 Å². The highest BCUT2D eigenvalue weighted by molar-refractivity contribution is 5.59. The van der Waals surface area contributed by atoms with Crippen molar-refractivity contribution in [2.24, 2.45) is 15.5 Å². The van der Waals surface area contributed by atoms with E-state index in [0.717, 1.165) is 5.69 Å². The van der Waals surface area contributed by atoms with Gasteiger partial charge in [0.1, 0.15) is 18.8 Å². The van der Waals surface area contributed by atoms with Gasteiger partial charge in [-0.3, -0.25) is 0 Å². The Labute approximate surface area is 125 Å². The smallest absolute Gasteiger partial charge is 0.108 e. The van der Waals surface area contributed by atoms with Gasteiger partial charge in [-0.25, -0.2) is 0 Å². The van der Waals surface area contributed by atoms with E-state index in [0.29, 0.717) is 22.5 Å². The van der Waals surface area contributed by atoms with Gasteiger partial charge in [0.2, 0.25) is 0 Å². The normalized spacial score (nSPS) is 9.82. The molecule has 2 N–H and O–H groups in total. The van der Waals surface area contributed by atoms with Crippen LogP contribution in [0.1, 0.15) is 11.1 Å². The summed E-state index contributed by atoms with van der Waals surface area (Å²) >= 11 is 0. The average Bonchev–Trinajstić information content (AvgIpc) is 2.55. The van der Waals surface area contributed by atoms with Gasteiger partial charge in [0.25, 0.3) is 0 Å². The predicted molar refractivity (Wildman–Crippen MR) is 84.6 cm³/mol. The molecule has 8 nitrogen and oxygen atoms in total. The summed E-state index contributed by atoms with van der Waals surface area (Å²) in [6.07, 6.45) is 0. The molecule has 0 aromatic heterocycles. The lowest BCUT2D eigenvalue weighted by Gasteiger charge is -2.13. The fourth-order valence-corrected chi connectivity index (χ4v) is 1.89. The Morgan fingerprint density at radius 1 is 0.818 bits per heavy atom. The number of hydrogen-bond acceptors (Lipinski definition) is 8. The molecular weight excluding hydrogens is 286 g/mol. The van der Waals surface area contributed by atoms with Crippen molar-refractivity contribution in [3.8, 4) is 0 Å². The summed E-state index contributed by atoms with van der Waals surface area (Å²) in [7, 11) is 0. The molecular formula is C14H13N5O3. The van der Waals surface area contributed by atoms with Crippen LogP contribution in [0.4, 0.5) is 17.1 Å². The Bertz CT molecular complexity index is 673. The SMILES string of the molecule is O=NCc1ccc(NNc2ccc(N=O)cc2)c(CN=O)c1. The molecule has 0 aliphatic heterocycles. The van der Waals surface area contributed by atoms with Gasteiger partial charge in [-0.2, -0.15) is 9.81 Å². The van der Waals surface area contributed by atoms with E-state index in [9.17, 15) is 14.7 Å². The summed E-state index contributed by atoms with van der Waals surface area (Å²) in [5.41, 5.74) is 8.96. The van der Waals surface area contributed by atoms with Gasteiger partial charge in [-0.15, -0.1) is 4.91 Å². The summed E-state index contributed by atoms with van der Waals surface area (Å²) in [6.45, 7) is 0.0183. The number of benzene rings is 2. The number of anilines is 2. The number of nitrogens with zero attached hydrogens (tertiary/aromatic N) is 3. The third kappa shape index (κ3) is 3.92. The van der Waals surface area contributed by atoms with E-state index in [1.165, 1.54) is 0 Å². The lowest BCUT2D eigenvalue weighted by molar-refractivity contribution is 1.01. The van der Waals surface area contributed by atoms with E-state index in [1.54, 1.807) is 42.5 Å². The first kappa shape index (κ1) is 15.2. The quantitative estimate of drug-likeness (QED) is 0.563. The van der Waals surface area contributed by atoms with Gasteiger partial charge < -0.3 is 10.9 Å². The summed E-state index contributed by atoms with van der Waals surface area (Å²) in [5.74, 6) is 0. The minimum absolute atomic E-state index is 0.0231. The van der Waals surface area contributed by atoms with Crippen LogP contribution in [0.25, 0.3) is 0 Å². The van der Waals surface area contributed by atoms with Crippen molar-refractivity contribution in [2.75, 3.05) is 10.9 Å². The van der Waals surface area contributed by atoms with E-state index >= 15 is 0 Å². The molecule has 2 aromatic rings. The van der Waals surface area contributed by atoms with Gasteiger partial charge in [0.05, 0.1) is 11.4 Å². The van der Waals surface area contributed by atoms with Gasteiger partial charge in [0, 0.05) is 5.56 Å². The Balaban J connectivity index is 2.11. The van der Waals surface area contributed by atoms with E-state index in [1.807, 2.05) is 0 Å². The first-order valence-corrected chi connectivity index (χ1v) is 6.42. The number of hydrogen-bond donors (Lipinski definition) is 2. The maximum Gasteiger partial charge on any atom is 0.108 e. The van der Waals surface area contributed by atoms with Crippen molar-refractivity contribution in [1.82, 2.24) is 0 Å². The molecule has 0 bridgehead atoms. The summed E-state index contributed by atoms with van der Waals surface area (Å²) in [5, 5.41) is 8.51. The molecule has 0 aliphatic carbocycles. The average molecular weight is 299 g/mol. The largest absolute Gasteiger partial charge is 0.301 e. The number of hydrazine groups is 1. The highest BCUT2D eigenvalue weighted by Gasteiger charge is 2.05. The maximum atomic E-state index is 10.5. The zero-order valence-electron chi connectivity index (χ0n) is 11.5. The first-order valence-electron chi connectivity index (χ1n) is 6.42. The third-order valence-electron chi connectivity index (χ3n) is 2.97. The second-order valence-electron chi connectivity index (χ2n) is 4.45. The zero-order chi connectivity index (χ0) is 15.8. The highest BCUT2D eigenvalue weighted by Crippen LogP contribution is 2.21. The summed E-state index contributed by atoms with van der Waals surface area (Å²) in [6, 6.07) is 11.7. The Kier molecular flexibility index (Phi) is 5.25. The Morgan fingerprint density at radius 2 is 1.55 bits per heavy atom. The van der Waals surface area contributed by atoms with Crippen LogP contribution in [-0.2, 0) is 13.1 Å². The number of nitroso groups, excluding NO2 is 3. The second-order valence-corrected chi connectivity index (χ2v) is 4.45. The minimum Gasteiger partial charge on any atom is -0.301 e. The van der Waals surface area contributed by atoms with Crippen LogP contribution in [0.5, 0.6) is 0 Å². The van der Waals surface area contributed by atoms with Crippen molar-refractivity contribution in [3.63, 3.8) is 0 Å². The Morgan fingerprint density at radius 3 is 2.18 bits per heavy atom. The molecule has 0 amide bonds. The van der Waals surface area contributed by atoms with E-state index in [2.05, 4.69) is 26.4 Å². The van der Waals surface area contributed by atoms with Crippen LogP contribution in [0, 0.1) is 14.7 Å². The van der Waals surface area contributed by atoms with Crippen LogP contribution in [0.15, 0.2) is 58.0 Å². The van der Waals surface area contributed by atoms with E-state index in [-0.39, 0.29) is 13.1 Å². The molecule has 8 heteroatoms. The number of nitrogens with one attached hydrogen (secondary N) is 2. The standard InChI is InChI=1S/C14H13N5O3/c20-15-8-10-1-6-14(11(7-10)9-16-21)18-17-12-2-4-13(19-22)5-3-12/h1-7,17-18H,8-9H2. The Hall–Kier alpha value is -3.16. The maximum absolute atomic E-state index is 10.5. The summed E-state index contributed by atoms with van der Waals surface area (Å²) < 4.78 is 0. The molecule has 0 unspecified atom stereocenters. The second kappa shape index (κ2) is 7.58. The fraction of sp³-hybridized carbons (Fsp3) is 0.143. The predicted octanol–water partition coefficient (Wildman–Crippen LogP) is 4.06. The molecule has 0 aliphatic rings. The molecule has 0 heterocycles. The monoisotopic (exact) mass is 299 g/mol. The van der Waals surface area contributed by atoms with Crippen molar-refractivity contribution >= 4 is 17.1 Å². The topological polar surface area (TPSA) is 112 Å². The van der Waals surface area contributed by atoms with Crippen molar-refractivity contribution in [1.29, 1.82) is 0 Å². The lowest BCUT2D eigenvalue weighted by Crippen LogP contribution is -2.10. The van der Waals surface area contributed by atoms with E-state index < -0.39 is 0 Å². The third-order valence-corrected chi connectivity index (χ3v) is 2.97. The molecule has 0 atom stereocenters. The number of rotatable bonds is 8. The van der Waals surface area contributed by atoms with Gasteiger partial charge in [-0.05, 0) is 47.1 Å². The van der Waals surface area contributed by atoms with Gasteiger partial charge >= 0.3 is 0 Å². The molecule has 0 radical (unpaired) electrons. The molecule has 2 rings (SSSR count). The van der Waals surface area contributed by atoms with Crippen molar-refractivity contribution in [2.45, 2.75) is 13.1 Å². The van der Waals surface area contributed by atoms with Crippen LogP contribution in [0.2, 0.25) is 0 Å². The molecule has 0 saturated carbocycles. The van der Waals surface area contributed by atoms with Crippen LogP contribution < -0.4 is 10.9 Å². The highest BCUT2D eigenvalue weighted by atomic mass is 16.3. The van der Waals surface area contributed by atoms with Crippen molar-refractivity contribution in [3.05, 3.63) is 68.3 Å². The minimum atomic E-state index is -0.0231. The van der Waals surface area contributed by atoms with Crippen LogP contribution in [-0.4, -0.2) is 0 Å². The fourth-order valence-electron chi connectivity index (χ4n) is 1.89. The first-order chi connectivity index (χ1) is 10.8. The van der Waals surface area contributed by atoms with Gasteiger partial charge in [-0.1, -0.05) is 16.4 Å². The molecule has 112 valence electrons. The molecule has 0 fully saturated rings. The van der Waals surface area contributed by atoms with Crippen LogP contribution >= 0.6 is 0 Å². The molecule has 2 aromatic carbocycles. The summed E-state index contributed by atoms with van der Waals surface area (Å²) in [4.78, 5) is 31.2. The van der Waals surface area contributed by atoms with E-state index in [4.69, 9.17) is 0 Å². The molecule has 0 spiro atoms. The lowest BCUT2D eigenvalue weighted by atomic mass is 10.1. The molecule has 22 heavy (non-hydrogen) atoms. The molecule has 0 saturated heterocycles. The van der Waals surface area contributed by atoms with Crippen molar-refractivity contribution < 1.29 is 0 Å². The zero-order valence-corrected chi connectivity index (χ0v) is 11.5.